The fraction of sp³-hybridized carbons (Fsp3) is 0.368. The van der Waals surface area contributed by atoms with Crippen LogP contribution in [0.15, 0.2) is 48.5 Å². The molecule has 0 unspecified atom stereocenters. The van der Waals surface area contributed by atoms with E-state index in [1.807, 2.05) is 5.01 Å². The van der Waals surface area contributed by atoms with Gasteiger partial charge in [0.2, 0.25) is 0 Å². The third-order valence-corrected chi connectivity index (χ3v) is 4.44. The SMILES string of the molecule is NN1CCN(CCOC(c2ccc(F)cc2)c2ccc(F)cc2)CC1. The molecule has 0 aliphatic carbocycles. The highest BCUT2D eigenvalue weighted by molar-refractivity contribution is 5.30. The summed E-state index contributed by atoms with van der Waals surface area (Å²) in [7, 11) is 0. The Morgan fingerprint density at radius 1 is 0.840 bits per heavy atom. The minimum absolute atomic E-state index is 0.290. The molecular weight excluding hydrogens is 324 g/mol. The van der Waals surface area contributed by atoms with E-state index in [2.05, 4.69) is 4.90 Å². The molecule has 1 heterocycles. The van der Waals surface area contributed by atoms with Gasteiger partial charge < -0.3 is 4.74 Å². The topological polar surface area (TPSA) is 41.7 Å². The van der Waals surface area contributed by atoms with Crippen molar-refractivity contribution in [3.63, 3.8) is 0 Å². The summed E-state index contributed by atoms with van der Waals surface area (Å²) in [4.78, 5) is 2.30. The summed E-state index contributed by atoms with van der Waals surface area (Å²) in [6.07, 6.45) is -0.350. The number of hydrogen-bond donors (Lipinski definition) is 1. The maximum atomic E-state index is 13.2. The van der Waals surface area contributed by atoms with Gasteiger partial charge in [-0.1, -0.05) is 24.3 Å². The van der Waals surface area contributed by atoms with Crippen molar-refractivity contribution in [2.45, 2.75) is 6.10 Å². The van der Waals surface area contributed by atoms with Crippen molar-refractivity contribution >= 4 is 0 Å². The van der Waals surface area contributed by atoms with Crippen LogP contribution in [-0.2, 0) is 4.74 Å². The minimum Gasteiger partial charge on any atom is -0.367 e. The molecule has 0 atom stereocenters. The predicted molar refractivity (Wildman–Crippen MR) is 92.8 cm³/mol. The van der Waals surface area contributed by atoms with E-state index < -0.39 is 0 Å². The Bertz CT molecular complexity index is 610. The van der Waals surface area contributed by atoms with E-state index in [4.69, 9.17) is 10.6 Å². The minimum atomic E-state index is -0.350. The summed E-state index contributed by atoms with van der Waals surface area (Å²) < 4.78 is 32.5. The van der Waals surface area contributed by atoms with Crippen LogP contribution in [0, 0.1) is 11.6 Å². The lowest BCUT2D eigenvalue weighted by atomic mass is 10.0. The molecule has 2 aromatic carbocycles. The normalized spacial score (nSPS) is 16.5. The molecule has 0 aromatic heterocycles. The van der Waals surface area contributed by atoms with Gasteiger partial charge >= 0.3 is 0 Å². The molecule has 0 spiro atoms. The first-order chi connectivity index (χ1) is 12.1. The van der Waals surface area contributed by atoms with Crippen LogP contribution in [0.25, 0.3) is 0 Å². The Labute approximate surface area is 146 Å². The van der Waals surface area contributed by atoms with E-state index in [1.165, 1.54) is 24.3 Å². The van der Waals surface area contributed by atoms with Crippen molar-refractivity contribution in [2.75, 3.05) is 39.3 Å². The summed E-state index contributed by atoms with van der Waals surface area (Å²) in [5.74, 6) is 5.18. The average molecular weight is 347 g/mol. The van der Waals surface area contributed by atoms with E-state index in [9.17, 15) is 8.78 Å². The number of ether oxygens (including phenoxy) is 1. The van der Waals surface area contributed by atoms with E-state index in [1.54, 1.807) is 24.3 Å². The fourth-order valence-electron chi connectivity index (χ4n) is 2.95. The second-order valence-electron chi connectivity index (χ2n) is 6.23. The number of nitrogens with two attached hydrogens (primary N) is 1. The van der Waals surface area contributed by atoms with E-state index >= 15 is 0 Å². The maximum Gasteiger partial charge on any atom is 0.123 e. The lowest BCUT2D eigenvalue weighted by Gasteiger charge is -2.32. The fourth-order valence-corrected chi connectivity index (χ4v) is 2.95. The summed E-state index contributed by atoms with van der Waals surface area (Å²) in [6, 6.07) is 12.5. The Kier molecular flexibility index (Phi) is 6.09. The highest BCUT2D eigenvalue weighted by Gasteiger charge is 2.18. The molecule has 0 bridgehead atoms. The summed E-state index contributed by atoms with van der Waals surface area (Å²) in [6.45, 7) is 4.85. The van der Waals surface area contributed by atoms with Crippen LogP contribution in [0.4, 0.5) is 8.78 Å². The lowest BCUT2D eigenvalue weighted by molar-refractivity contribution is 0.0452. The van der Waals surface area contributed by atoms with Crippen LogP contribution in [0.5, 0.6) is 0 Å². The van der Waals surface area contributed by atoms with Crippen molar-refractivity contribution in [1.82, 2.24) is 9.91 Å². The van der Waals surface area contributed by atoms with Crippen LogP contribution >= 0.6 is 0 Å². The van der Waals surface area contributed by atoms with E-state index in [0.717, 1.165) is 43.9 Å². The second-order valence-corrected chi connectivity index (χ2v) is 6.23. The number of hydrogen-bond acceptors (Lipinski definition) is 4. The molecule has 1 fully saturated rings. The number of hydrazine groups is 1. The quantitative estimate of drug-likeness (QED) is 0.816. The molecule has 0 radical (unpaired) electrons. The van der Waals surface area contributed by atoms with Crippen LogP contribution < -0.4 is 5.84 Å². The average Bonchev–Trinajstić information content (AvgIpc) is 2.62. The van der Waals surface area contributed by atoms with Crippen molar-refractivity contribution in [3.05, 3.63) is 71.3 Å². The van der Waals surface area contributed by atoms with Crippen molar-refractivity contribution in [1.29, 1.82) is 0 Å². The molecule has 2 aromatic rings. The third-order valence-electron chi connectivity index (χ3n) is 4.44. The van der Waals surface area contributed by atoms with Gasteiger partial charge in [0.05, 0.1) is 6.61 Å². The lowest BCUT2D eigenvalue weighted by Crippen LogP contribution is -2.50. The molecule has 134 valence electrons. The van der Waals surface area contributed by atoms with Crippen LogP contribution in [0.2, 0.25) is 0 Å². The zero-order valence-electron chi connectivity index (χ0n) is 14.1. The number of nitrogens with zero attached hydrogens (tertiary/aromatic N) is 2. The van der Waals surface area contributed by atoms with Gasteiger partial charge in [0.1, 0.15) is 17.7 Å². The molecule has 3 rings (SSSR count). The molecule has 4 nitrogen and oxygen atoms in total. The molecule has 25 heavy (non-hydrogen) atoms. The summed E-state index contributed by atoms with van der Waals surface area (Å²) in [5.41, 5.74) is 1.69. The maximum absolute atomic E-state index is 13.2. The molecule has 1 aliphatic rings. The summed E-state index contributed by atoms with van der Waals surface area (Å²) >= 11 is 0. The Balaban J connectivity index is 1.66. The Hall–Kier alpha value is -1.86. The van der Waals surface area contributed by atoms with Gasteiger partial charge in [0.15, 0.2) is 0 Å². The van der Waals surface area contributed by atoms with E-state index in [0.29, 0.717) is 6.61 Å². The van der Waals surface area contributed by atoms with Gasteiger partial charge in [-0.15, -0.1) is 0 Å². The van der Waals surface area contributed by atoms with Gasteiger partial charge in [-0.05, 0) is 35.4 Å². The zero-order valence-corrected chi connectivity index (χ0v) is 14.1. The van der Waals surface area contributed by atoms with Crippen molar-refractivity contribution < 1.29 is 13.5 Å². The Morgan fingerprint density at radius 2 is 1.32 bits per heavy atom. The van der Waals surface area contributed by atoms with E-state index in [-0.39, 0.29) is 17.7 Å². The predicted octanol–water partition coefficient (Wildman–Crippen LogP) is 2.56. The molecule has 0 amide bonds. The van der Waals surface area contributed by atoms with Crippen molar-refractivity contribution in [3.8, 4) is 0 Å². The number of piperazine rings is 1. The van der Waals surface area contributed by atoms with Gasteiger partial charge in [0, 0.05) is 32.7 Å². The molecule has 1 aliphatic heterocycles. The summed E-state index contributed by atoms with van der Waals surface area (Å²) in [5, 5.41) is 1.82. The smallest absolute Gasteiger partial charge is 0.123 e. The van der Waals surface area contributed by atoms with Gasteiger partial charge in [-0.3, -0.25) is 10.7 Å². The first kappa shape index (κ1) is 17.9. The van der Waals surface area contributed by atoms with Crippen molar-refractivity contribution in [2.24, 2.45) is 5.84 Å². The number of halogens is 2. The van der Waals surface area contributed by atoms with Crippen LogP contribution in [0.3, 0.4) is 0 Å². The third kappa shape index (κ3) is 5.06. The largest absolute Gasteiger partial charge is 0.367 e. The first-order valence-electron chi connectivity index (χ1n) is 8.46. The highest BCUT2D eigenvalue weighted by Crippen LogP contribution is 2.26. The highest BCUT2D eigenvalue weighted by atomic mass is 19.1. The first-order valence-corrected chi connectivity index (χ1v) is 8.46. The van der Waals surface area contributed by atoms with Gasteiger partial charge in [0.25, 0.3) is 0 Å². The molecule has 6 heteroatoms. The number of benzene rings is 2. The molecule has 1 saturated heterocycles. The standard InChI is InChI=1S/C19H23F2N3O/c20-17-5-1-15(2-6-17)19(16-3-7-18(21)8-4-16)25-14-13-23-9-11-24(22)12-10-23/h1-8,19H,9-14,22H2. The molecular formula is C19H23F2N3O. The van der Waals surface area contributed by atoms with Gasteiger partial charge in [-0.2, -0.15) is 0 Å². The van der Waals surface area contributed by atoms with Crippen LogP contribution in [0.1, 0.15) is 17.2 Å². The molecule has 0 saturated carbocycles. The second kappa shape index (κ2) is 8.49. The molecule has 2 N–H and O–H groups in total. The zero-order chi connectivity index (χ0) is 17.6. The van der Waals surface area contributed by atoms with Crippen LogP contribution in [-0.4, -0.2) is 49.2 Å². The number of rotatable bonds is 6. The Morgan fingerprint density at radius 3 is 1.80 bits per heavy atom. The van der Waals surface area contributed by atoms with Gasteiger partial charge in [-0.25, -0.2) is 13.8 Å². The monoisotopic (exact) mass is 347 g/mol.